The molecule has 0 aliphatic carbocycles. The van der Waals surface area contributed by atoms with E-state index in [4.69, 9.17) is 9.47 Å². The third-order valence-electron chi connectivity index (χ3n) is 3.30. The molecule has 6 nitrogen and oxygen atoms in total. The number of benzene rings is 1. The van der Waals surface area contributed by atoms with Crippen LogP contribution < -0.4 is 5.43 Å². The van der Waals surface area contributed by atoms with Crippen LogP contribution in [0.1, 0.15) is 11.3 Å². The Kier molecular flexibility index (Phi) is 3.43. The first-order chi connectivity index (χ1) is 10.2. The average molecular weight is 286 g/mol. The number of hydrogen-bond acceptors (Lipinski definition) is 5. The van der Waals surface area contributed by atoms with Crippen molar-refractivity contribution in [2.24, 2.45) is 5.10 Å². The normalized spacial score (nSPS) is 14.5. The van der Waals surface area contributed by atoms with Crippen LogP contribution in [0, 0.1) is 6.92 Å². The average Bonchev–Trinajstić information content (AvgIpc) is 2.86. The van der Waals surface area contributed by atoms with Gasteiger partial charge in [-0.25, -0.2) is 0 Å². The molecule has 0 saturated heterocycles. The summed E-state index contributed by atoms with van der Waals surface area (Å²) in [4.78, 5) is 3.34. The zero-order chi connectivity index (χ0) is 14.8. The summed E-state index contributed by atoms with van der Waals surface area (Å²) in [7, 11) is 3.18. The predicted octanol–water partition coefficient (Wildman–Crippen LogP) is 2.24. The summed E-state index contributed by atoms with van der Waals surface area (Å²) in [6.07, 6.45) is 1.70. The van der Waals surface area contributed by atoms with E-state index in [0.717, 1.165) is 16.8 Å². The van der Waals surface area contributed by atoms with Gasteiger partial charge in [-0.2, -0.15) is 5.12 Å². The van der Waals surface area contributed by atoms with Crippen LogP contribution >= 0.6 is 0 Å². The number of H-pyrrole nitrogens is 1. The van der Waals surface area contributed by atoms with Gasteiger partial charge in [-0.1, -0.05) is 12.1 Å². The van der Waals surface area contributed by atoms with Crippen molar-refractivity contribution in [3.63, 3.8) is 0 Å². The number of aryl methyl sites for hydroxylation is 1. The maximum atomic E-state index is 5.21. The lowest BCUT2D eigenvalue weighted by Crippen LogP contribution is -2.37. The highest BCUT2D eigenvalue weighted by atomic mass is 16.5. The molecular weight excluding hydrogens is 268 g/mol. The minimum atomic E-state index is 0.502. The molecule has 6 heteroatoms. The maximum absolute atomic E-state index is 5.21. The van der Waals surface area contributed by atoms with E-state index in [9.17, 15) is 0 Å². The van der Waals surface area contributed by atoms with Crippen LogP contribution in [0.4, 0.5) is 0 Å². The third-order valence-corrected chi connectivity index (χ3v) is 3.30. The van der Waals surface area contributed by atoms with Gasteiger partial charge in [0.1, 0.15) is 0 Å². The molecule has 2 N–H and O–H groups in total. The monoisotopic (exact) mass is 286 g/mol. The van der Waals surface area contributed by atoms with Crippen LogP contribution in [-0.2, 0) is 16.0 Å². The number of rotatable bonds is 3. The molecule has 0 radical (unpaired) electrons. The van der Waals surface area contributed by atoms with Gasteiger partial charge >= 0.3 is 0 Å². The van der Waals surface area contributed by atoms with E-state index in [1.165, 1.54) is 5.39 Å². The molecule has 1 aliphatic rings. The van der Waals surface area contributed by atoms with Crippen LogP contribution in [0.5, 0.6) is 0 Å². The zero-order valence-corrected chi connectivity index (χ0v) is 12.3. The lowest BCUT2D eigenvalue weighted by molar-refractivity contribution is 0.127. The summed E-state index contributed by atoms with van der Waals surface area (Å²) < 4.78 is 10.4. The van der Waals surface area contributed by atoms with Gasteiger partial charge in [0.15, 0.2) is 0 Å². The molecule has 2 aromatic rings. The number of nitrogens with zero attached hydrogens (tertiary/aromatic N) is 2. The van der Waals surface area contributed by atoms with Crippen LogP contribution in [0.15, 0.2) is 41.3 Å². The summed E-state index contributed by atoms with van der Waals surface area (Å²) in [6, 6.07) is 8.44. The number of hydrogen-bond donors (Lipinski definition) is 2. The highest BCUT2D eigenvalue weighted by Gasteiger charge is 2.14. The Labute approximate surface area is 123 Å². The molecule has 1 aromatic carbocycles. The van der Waals surface area contributed by atoms with Crippen LogP contribution in [0.2, 0.25) is 0 Å². The molecule has 0 saturated carbocycles. The van der Waals surface area contributed by atoms with Crippen molar-refractivity contribution in [3.05, 3.63) is 47.5 Å². The van der Waals surface area contributed by atoms with Gasteiger partial charge in [-0.05, 0) is 30.0 Å². The van der Waals surface area contributed by atoms with Gasteiger partial charge in [0.25, 0.3) is 0 Å². The molecule has 0 spiro atoms. The van der Waals surface area contributed by atoms with E-state index in [-0.39, 0.29) is 0 Å². The van der Waals surface area contributed by atoms with Crippen molar-refractivity contribution >= 4 is 16.8 Å². The maximum Gasteiger partial charge on any atom is 0.237 e. The molecule has 0 bridgehead atoms. The van der Waals surface area contributed by atoms with Crippen LogP contribution in [0.3, 0.4) is 0 Å². The van der Waals surface area contributed by atoms with Gasteiger partial charge in [-0.3, -0.25) is 5.43 Å². The fourth-order valence-corrected chi connectivity index (χ4v) is 2.31. The Hall–Kier alpha value is -2.63. The molecule has 0 atom stereocenters. The van der Waals surface area contributed by atoms with Gasteiger partial charge in [0.2, 0.25) is 11.8 Å². The lowest BCUT2D eigenvalue weighted by Gasteiger charge is -2.25. The quantitative estimate of drug-likeness (QED) is 0.908. The Morgan fingerprint density at radius 2 is 2.05 bits per heavy atom. The highest BCUT2D eigenvalue weighted by Crippen LogP contribution is 2.18. The van der Waals surface area contributed by atoms with Crippen molar-refractivity contribution < 1.29 is 9.47 Å². The number of nitrogens with one attached hydrogen (secondary N) is 2. The predicted molar refractivity (Wildman–Crippen MR) is 81.3 cm³/mol. The fourth-order valence-electron chi connectivity index (χ4n) is 2.31. The van der Waals surface area contributed by atoms with Crippen LogP contribution in [0.25, 0.3) is 10.9 Å². The summed E-state index contributed by atoms with van der Waals surface area (Å²) >= 11 is 0. The topological polar surface area (TPSA) is 61.9 Å². The fraction of sp³-hybridized carbons (Fsp3) is 0.267. The summed E-state index contributed by atoms with van der Waals surface area (Å²) in [5, 5.41) is 7.23. The summed E-state index contributed by atoms with van der Waals surface area (Å²) in [5.74, 6) is 1.10. The van der Waals surface area contributed by atoms with Gasteiger partial charge in [0.05, 0.1) is 26.8 Å². The molecule has 0 unspecified atom stereocenters. The van der Waals surface area contributed by atoms with Crippen LogP contribution in [-0.4, -0.2) is 30.2 Å². The minimum absolute atomic E-state index is 0.502. The SMILES string of the molecule is COC1=CC(OC)=NN(Cc2ccc3cc(C)[nH]c3c2)N1. The van der Waals surface area contributed by atoms with Crippen molar-refractivity contribution in [3.8, 4) is 0 Å². The first-order valence-corrected chi connectivity index (χ1v) is 6.68. The molecule has 110 valence electrons. The molecule has 1 aliphatic heterocycles. The molecule has 3 rings (SSSR count). The molecule has 0 amide bonds. The van der Waals surface area contributed by atoms with Crippen molar-refractivity contribution in [1.29, 1.82) is 0 Å². The van der Waals surface area contributed by atoms with E-state index in [1.54, 1.807) is 25.4 Å². The second kappa shape index (κ2) is 5.40. The number of aromatic amines is 1. The van der Waals surface area contributed by atoms with Gasteiger partial charge < -0.3 is 14.5 Å². The number of methoxy groups -OCH3 is 2. The number of aromatic nitrogens is 1. The minimum Gasteiger partial charge on any atom is -0.481 e. The van der Waals surface area contributed by atoms with E-state index in [2.05, 4.69) is 46.7 Å². The van der Waals surface area contributed by atoms with E-state index < -0.39 is 0 Å². The van der Waals surface area contributed by atoms with E-state index >= 15 is 0 Å². The molecule has 2 heterocycles. The summed E-state index contributed by atoms with van der Waals surface area (Å²) in [6.45, 7) is 2.65. The summed E-state index contributed by atoms with van der Waals surface area (Å²) in [5.41, 5.74) is 6.48. The number of hydrazine groups is 1. The van der Waals surface area contributed by atoms with Crippen molar-refractivity contribution in [1.82, 2.24) is 15.5 Å². The second-order valence-corrected chi connectivity index (χ2v) is 4.90. The highest BCUT2D eigenvalue weighted by molar-refractivity contribution is 5.88. The Morgan fingerprint density at radius 3 is 2.81 bits per heavy atom. The van der Waals surface area contributed by atoms with Gasteiger partial charge in [0, 0.05) is 11.2 Å². The molecule has 0 fully saturated rings. The van der Waals surface area contributed by atoms with Gasteiger partial charge in [-0.15, -0.1) is 5.10 Å². The molecular formula is C15H18N4O2. The van der Waals surface area contributed by atoms with E-state index in [1.807, 2.05) is 0 Å². The number of hydrazone groups is 1. The number of ether oxygens (including phenoxy) is 2. The second-order valence-electron chi connectivity index (χ2n) is 4.90. The Balaban J connectivity index is 1.81. The Morgan fingerprint density at radius 1 is 1.19 bits per heavy atom. The standard InChI is InChI=1S/C15H18N4O2/c1-10-6-12-5-4-11(7-13(12)16-10)9-19-17-14(20-2)8-15(18-19)21-3/h4-8,16-17H,9H2,1-3H3. The smallest absolute Gasteiger partial charge is 0.237 e. The third kappa shape index (κ3) is 2.79. The van der Waals surface area contributed by atoms with Crippen molar-refractivity contribution in [2.75, 3.05) is 14.2 Å². The van der Waals surface area contributed by atoms with Crippen molar-refractivity contribution in [2.45, 2.75) is 13.5 Å². The number of fused-ring (bicyclic) bond motifs is 1. The van der Waals surface area contributed by atoms with E-state index in [0.29, 0.717) is 18.3 Å². The largest absolute Gasteiger partial charge is 0.481 e. The first-order valence-electron chi connectivity index (χ1n) is 6.68. The first kappa shape index (κ1) is 13.4. The lowest BCUT2D eigenvalue weighted by atomic mass is 10.1. The molecule has 21 heavy (non-hydrogen) atoms. The Bertz CT molecular complexity index is 718. The molecule has 1 aromatic heterocycles. The zero-order valence-electron chi connectivity index (χ0n) is 12.3.